The molecule has 0 aliphatic carbocycles. The smallest absolute Gasteiger partial charge is 0.306 e. The first-order valence-corrected chi connectivity index (χ1v) is 28.9. The highest BCUT2D eigenvalue weighted by atomic mass is 16.6. The van der Waals surface area contributed by atoms with Crippen LogP contribution < -0.4 is 0 Å². The molecule has 0 amide bonds. The third-order valence-electron chi connectivity index (χ3n) is 12.0. The fraction of sp³-hybridized carbons (Fsp3) is 0.672. The van der Waals surface area contributed by atoms with Gasteiger partial charge >= 0.3 is 17.9 Å². The maximum Gasteiger partial charge on any atom is 0.306 e. The zero-order valence-corrected chi connectivity index (χ0v) is 45.5. The Hall–Kier alpha value is -3.93. The van der Waals surface area contributed by atoms with E-state index in [0.29, 0.717) is 19.3 Å². The van der Waals surface area contributed by atoms with Crippen molar-refractivity contribution in [3.63, 3.8) is 0 Å². The molecule has 6 heteroatoms. The molecule has 0 aromatic carbocycles. The summed E-state index contributed by atoms with van der Waals surface area (Å²) in [5.41, 5.74) is 0. The number of esters is 3. The van der Waals surface area contributed by atoms with E-state index < -0.39 is 6.10 Å². The fourth-order valence-corrected chi connectivity index (χ4v) is 7.75. The van der Waals surface area contributed by atoms with Gasteiger partial charge in [0.2, 0.25) is 0 Å². The average Bonchev–Trinajstić information content (AvgIpc) is 3.36. The van der Waals surface area contributed by atoms with Crippen LogP contribution in [-0.4, -0.2) is 37.2 Å². The van der Waals surface area contributed by atoms with Gasteiger partial charge in [-0.05, 0) is 103 Å². The largest absolute Gasteiger partial charge is 0.462 e. The average molecular weight is 972 g/mol. The Balaban J connectivity index is 4.12. The van der Waals surface area contributed by atoms with E-state index in [4.69, 9.17) is 14.2 Å². The molecule has 0 rings (SSSR count). The van der Waals surface area contributed by atoms with E-state index in [1.807, 2.05) is 0 Å². The first-order valence-electron chi connectivity index (χ1n) is 28.9. The minimum absolute atomic E-state index is 0.0883. The Morgan fingerprint density at radius 2 is 0.557 bits per heavy atom. The minimum Gasteiger partial charge on any atom is -0.462 e. The molecular weight excluding hydrogens is 865 g/mol. The van der Waals surface area contributed by atoms with Gasteiger partial charge in [0, 0.05) is 19.3 Å². The van der Waals surface area contributed by atoms with Crippen LogP contribution in [0.1, 0.15) is 258 Å². The second kappa shape index (κ2) is 57.6. The quantitative estimate of drug-likeness (QED) is 0.0262. The van der Waals surface area contributed by atoms with Crippen molar-refractivity contribution in [1.82, 2.24) is 0 Å². The maximum absolute atomic E-state index is 12.8. The van der Waals surface area contributed by atoms with Gasteiger partial charge in [0.25, 0.3) is 0 Å². The molecule has 398 valence electrons. The summed E-state index contributed by atoms with van der Waals surface area (Å²) in [6.45, 7) is 6.33. The van der Waals surface area contributed by atoms with Crippen LogP contribution in [-0.2, 0) is 28.6 Å². The van der Waals surface area contributed by atoms with E-state index in [2.05, 4.69) is 130 Å². The van der Waals surface area contributed by atoms with Crippen LogP contribution in [0.5, 0.6) is 0 Å². The second-order valence-corrected chi connectivity index (χ2v) is 18.8. The van der Waals surface area contributed by atoms with Crippen LogP contribution in [0, 0.1) is 0 Å². The first-order chi connectivity index (χ1) is 34.5. The van der Waals surface area contributed by atoms with Crippen molar-refractivity contribution in [2.45, 2.75) is 264 Å². The van der Waals surface area contributed by atoms with E-state index in [9.17, 15) is 14.4 Å². The minimum atomic E-state index is -0.789. The summed E-state index contributed by atoms with van der Waals surface area (Å²) in [6.07, 6.45) is 78.3. The van der Waals surface area contributed by atoms with E-state index in [1.54, 1.807) is 0 Å². The van der Waals surface area contributed by atoms with Crippen molar-refractivity contribution in [2.75, 3.05) is 13.2 Å². The molecule has 0 aliphatic rings. The number of unbranched alkanes of at least 4 members (excludes halogenated alkanes) is 22. The molecule has 0 aromatic rings. The van der Waals surface area contributed by atoms with Crippen molar-refractivity contribution >= 4 is 17.9 Å². The van der Waals surface area contributed by atoms with Gasteiger partial charge in [-0.3, -0.25) is 14.4 Å². The Kier molecular flexibility index (Phi) is 54.4. The lowest BCUT2D eigenvalue weighted by molar-refractivity contribution is -0.167. The zero-order valence-electron chi connectivity index (χ0n) is 45.5. The molecule has 1 atom stereocenters. The molecule has 70 heavy (non-hydrogen) atoms. The van der Waals surface area contributed by atoms with Crippen molar-refractivity contribution in [2.24, 2.45) is 0 Å². The summed E-state index contributed by atoms with van der Waals surface area (Å²) in [5.74, 6) is -0.923. The number of ether oxygens (including phenoxy) is 3. The van der Waals surface area contributed by atoms with Gasteiger partial charge in [0.15, 0.2) is 6.10 Å². The molecule has 6 nitrogen and oxygen atoms in total. The van der Waals surface area contributed by atoms with Crippen LogP contribution in [0.4, 0.5) is 0 Å². The van der Waals surface area contributed by atoms with Gasteiger partial charge in [-0.25, -0.2) is 0 Å². The normalized spacial score (nSPS) is 12.9. The molecule has 0 bridgehead atoms. The van der Waals surface area contributed by atoms with E-state index in [-0.39, 0.29) is 31.1 Å². The summed E-state index contributed by atoms with van der Waals surface area (Å²) >= 11 is 0. The van der Waals surface area contributed by atoms with Gasteiger partial charge in [-0.15, -0.1) is 0 Å². The maximum atomic E-state index is 12.8. The standard InChI is InChI=1S/C64H106O6/c1-4-7-10-13-16-18-20-22-24-26-27-28-29-30-31-32-33-34-35-36-37-39-40-42-44-46-48-51-54-57-63(66)69-60-61(59-68-62(65)56-53-50-15-12-9-6-3)70-64(67)58-55-52-49-47-45-43-41-38-25-23-21-19-17-14-11-8-5-2/h7-8,10-11,16-19,22-25,27-28,30-31,41,43,61H,4-6,9,12-15,20-21,26,29,32-40,42,44-60H2,1-3H3/b10-7-,11-8-,18-16-,19-17-,24-22-,25-23-,28-27-,31-30-,43-41-. The van der Waals surface area contributed by atoms with Crippen molar-refractivity contribution < 1.29 is 28.6 Å². The van der Waals surface area contributed by atoms with Gasteiger partial charge in [0.1, 0.15) is 13.2 Å². The molecule has 0 aromatic heterocycles. The number of allylic oxidation sites excluding steroid dienone is 18. The Morgan fingerprint density at radius 3 is 0.871 bits per heavy atom. The Bertz CT molecular complexity index is 1440. The third-order valence-corrected chi connectivity index (χ3v) is 12.0. The monoisotopic (exact) mass is 971 g/mol. The number of carbonyl (C=O) groups excluding carboxylic acids is 3. The lowest BCUT2D eigenvalue weighted by atomic mass is 10.0. The van der Waals surface area contributed by atoms with Crippen molar-refractivity contribution in [3.8, 4) is 0 Å². The summed E-state index contributed by atoms with van der Waals surface area (Å²) < 4.78 is 16.7. The molecule has 0 saturated heterocycles. The molecule has 0 fully saturated rings. The van der Waals surface area contributed by atoms with Crippen LogP contribution in [0.15, 0.2) is 109 Å². The number of hydrogen-bond acceptors (Lipinski definition) is 6. The molecule has 0 saturated carbocycles. The van der Waals surface area contributed by atoms with Gasteiger partial charge in [-0.1, -0.05) is 246 Å². The lowest BCUT2D eigenvalue weighted by Crippen LogP contribution is -2.30. The highest BCUT2D eigenvalue weighted by molar-refractivity contribution is 5.71. The molecule has 1 unspecified atom stereocenters. The second-order valence-electron chi connectivity index (χ2n) is 18.8. The topological polar surface area (TPSA) is 78.9 Å². The molecule has 0 aliphatic heterocycles. The van der Waals surface area contributed by atoms with Gasteiger partial charge in [-0.2, -0.15) is 0 Å². The Morgan fingerprint density at radius 1 is 0.300 bits per heavy atom. The molecule has 0 radical (unpaired) electrons. The van der Waals surface area contributed by atoms with Crippen LogP contribution in [0.2, 0.25) is 0 Å². The van der Waals surface area contributed by atoms with Crippen LogP contribution >= 0.6 is 0 Å². The van der Waals surface area contributed by atoms with Crippen LogP contribution in [0.3, 0.4) is 0 Å². The predicted octanol–water partition coefficient (Wildman–Crippen LogP) is 19.5. The van der Waals surface area contributed by atoms with Crippen LogP contribution in [0.25, 0.3) is 0 Å². The summed E-state index contributed by atoms with van der Waals surface area (Å²) in [6, 6.07) is 0. The molecule has 0 spiro atoms. The highest BCUT2D eigenvalue weighted by Gasteiger charge is 2.19. The van der Waals surface area contributed by atoms with Gasteiger partial charge in [0.05, 0.1) is 0 Å². The Labute approximate surface area is 431 Å². The summed E-state index contributed by atoms with van der Waals surface area (Å²) in [4.78, 5) is 37.9. The van der Waals surface area contributed by atoms with Crippen molar-refractivity contribution in [3.05, 3.63) is 109 Å². The zero-order chi connectivity index (χ0) is 50.7. The SMILES string of the molecule is CC/C=C\C/C=C\C/C=C\C/C=C\C/C=C\CCCCCCCCCCCCCCCC(=O)OCC(COC(=O)CCCCCCCC)OC(=O)CCCCCC/C=C\C/C=C\C/C=C\C/C=C\CC. The number of rotatable bonds is 51. The van der Waals surface area contributed by atoms with E-state index in [1.165, 1.54) is 89.9 Å². The molecule has 0 N–H and O–H groups in total. The highest BCUT2D eigenvalue weighted by Crippen LogP contribution is 2.15. The number of hydrogen-bond donors (Lipinski definition) is 0. The summed E-state index contributed by atoms with van der Waals surface area (Å²) in [7, 11) is 0. The molecule has 0 heterocycles. The predicted molar refractivity (Wildman–Crippen MR) is 302 cm³/mol. The van der Waals surface area contributed by atoms with Crippen molar-refractivity contribution in [1.29, 1.82) is 0 Å². The fourth-order valence-electron chi connectivity index (χ4n) is 7.75. The molecular formula is C64H106O6. The number of carbonyl (C=O) groups is 3. The van der Waals surface area contributed by atoms with E-state index in [0.717, 1.165) is 128 Å². The van der Waals surface area contributed by atoms with Gasteiger partial charge < -0.3 is 14.2 Å². The third kappa shape index (κ3) is 55.0. The first kappa shape index (κ1) is 66.1. The lowest BCUT2D eigenvalue weighted by Gasteiger charge is -2.18. The summed E-state index contributed by atoms with van der Waals surface area (Å²) in [5, 5.41) is 0. The van der Waals surface area contributed by atoms with E-state index >= 15 is 0 Å².